The molecule has 2 aliphatic heterocycles. The Morgan fingerprint density at radius 1 is 1.09 bits per heavy atom. The fourth-order valence-electron chi connectivity index (χ4n) is 4.30. The third-order valence-electron chi connectivity index (χ3n) is 6.25. The monoisotopic (exact) mass is 489 g/mol. The van der Waals surface area contributed by atoms with E-state index in [0.29, 0.717) is 55.0 Å². The molecule has 0 bridgehead atoms. The van der Waals surface area contributed by atoms with Crippen molar-refractivity contribution in [2.24, 2.45) is 0 Å². The van der Waals surface area contributed by atoms with Crippen molar-refractivity contribution in [2.45, 2.75) is 39.2 Å². The van der Waals surface area contributed by atoms with Gasteiger partial charge in [0, 0.05) is 55.7 Å². The standard InChI is InChI=1S/C23H28ClN5O3S/c1-15-6-7-17(24)13-18(15)25-23-26-19(14-33-23)21(31)29-8-4-3-5-20(29)22(32)28-11-9-27(10-12-28)16(2)30/h6-7,13-14,20H,3-5,8-12H2,1-2H3,(H,25,26)/t20-/m0/s1. The number of carbonyl (C=O) groups excluding carboxylic acids is 3. The molecule has 0 saturated carbocycles. The summed E-state index contributed by atoms with van der Waals surface area (Å²) in [5.74, 6) is -0.227. The normalized spacial score (nSPS) is 18.9. The number of piperidine rings is 1. The van der Waals surface area contributed by atoms with Crippen LogP contribution in [0.1, 0.15) is 42.2 Å². The molecule has 1 aromatic carbocycles. The molecule has 2 aliphatic rings. The van der Waals surface area contributed by atoms with Crippen LogP contribution in [-0.2, 0) is 9.59 Å². The van der Waals surface area contributed by atoms with Crippen LogP contribution in [0.15, 0.2) is 23.6 Å². The van der Waals surface area contributed by atoms with Gasteiger partial charge in [-0.05, 0) is 43.9 Å². The molecule has 3 amide bonds. The molecule has 4 rings (SSSR count). The Morgan fingerprint density at radius 3 is 2.55 bits per heavy atom. The van der Waals surface area contributed by atoms with E-state index in [-0.39, 0.29) is 17.7 Å². The van der Waals surface area contributed by atoms with Gasteiger partial charge >= 0.3 is 0 Å². The van der Waals surface area contributed by atoms with E-state index in [2.05, 4.69) is 10.3 Å². The Hall–Kier alpha value is -2.65. The van der Waals surface area contributed by atoms with Crippen LogP contribution in [0, 0.1) is 6.92 Å². The molecule has 176 valence electrons. The van der Waals surface area contributed by atoms with Crippen LogP contribution in [0.4, 0.5) is 10.8 Å². The second-order valence-corrected chi connectivity index (χ2v) is 9.76. The number of anilines is 2. The number of carbonyl (C=O) groups is 3. The zero-order valence-electron chi connectivity index (χ0n) is 18.8. The van der Waals surface area contributed by atoms with Crippen molar-refractivity contribution < 1.29 is 14.4 Å². The second kappa shape index (κ2) is 10.1. The first kappa shape index (κ1) is 23.5. The highest BCUT2D eigenvalue weighted by molar-refractivity contribution is 7.14. The van der Waals surface area contributed by atoms with Gasteiger partial charge in [-0.2, -0.15) is 0 Å². The van der Waals surface area contributed by atoms with Crippen LogP contribution in [0.25, 0.3) is 0 Å². The Balaban J connectivity index is 1.45. The lowest BCUT2D eigenvalue weighted by Gasteiger charge is -2.40. The topological polar surface area (TPSA) is 85.9 Å². The van der Waals surface area contributed by atoms with Crippen LogP contribution in [0.2, 0.25) is 5.02 Å². The van der Waals surface area contributed by atoms with E-state index in [1.54, 1.807) is 27.0 Å². The quantitative estimate of drug-likeness (QED) is 0.710. The number of thiazole rings is 1. The van der Waals surface area contributed by atoms with Gasteiger partial charge in [0.1, 0.15) is 11.7 Å². The maximum Gasteiger partial charge on any atom is 0.274 e. The minimum absolute atomic E-state index is 0.0254. The summed E-state index contributed by atoms with van der Waals surface area (Å²) in [6.45, 7) is 6.12. The molecule has 1 aromatic heterocycles. The number of amides is 3. The molecule has 0 spiro atoms. The van der Waals surface area contributed by atoms with E-state index in [1.807, 2.05) is 25.1 Å². The SMILES string of the molecule is CC(=O)N1CCN(C(=O)[C@@H]2CCCCN2C(=O)c2csc(Nc3cc(Cl)ccc3C)n2)CC1. The Bertz CT molecular complexity index is 1050. The van der Waals surface area contributed by atoms with Gasteiger partial charge in [0.15, 0.2) is 5.13 Å². The predicted octanol–water partition coefficient (Wildman–Crippen LogP) is 3.53. The summed E-state index contributed by atoms with van der Waals surface area (Å²) in [4.78, 5) is 47.9. The lowest BCUT2D eigenvalue weighted by molar-refractivity contribution is -0.142. The van der Waals surface area contributed by atoms with Crippen molar-refractivity contribution in [3.63, 3.8) is 0 Å². The summed E-state index contributed by atoms with van der Waals surface area (Å²) in [5, 5.41) is 6.18. The number of hydrogen-bond donors (Lipinski definition) is 1. The zero-order chi connectivity index (χ0) is 23.5. The van der Waals surface area contributed by atoms with Crippen molar-refractivity contribution in [2.75, 3.05) is 38.0 Å². The van der Waals surface area contributed by atoms with Crippen LogP contribution < -0.4 is 5.32 Å². The number of aromatic nitrogens is 1. The molecule has 1 N–H and O–H groups in total. The fourth-order valence-corrected chi connectivity index (χ4v) is 5.17. The van der Waals surface area contributed by atoms with Crippen LogP contribution in [-0.4, -0.2) is 76.2 Å². The van der Waals surface area contributed by atoms with Crippen molar-refractivity contribution in [3.05, 3.63) is 39.9 Å². The first-order valence-electron chi connectivity index (χ1n) is 11.2. The van der Waals surface area contributed by atoms with E-state index in [1.165, 1.54) is 11.3 Å². The number of aryl methyl sites for hydroxylation is 1. The molecule has 1 atom stereocenters. The Morgan fingerprint density at radius 2 is 1.82 bits per heavy atom. The number of hydrogen-bond acceptors (Lipinski definition) is 6. The van der Waals surface area contributed by atoms with Gasteiger partial charge in [0.05, 0.1) is 0 Å². The van der Waals surface area contributed by atoms with Crippen LogP contribution in [0.3, 0.4) is 0 Å². The average Bonchev–Trinajstić information content (AvgIpc) is 3.29. The average molecular weight is 490 g/mol. The highest BCUT2D eigenvalue weighted by Gasteiger charge is 2.37. The van der Waals surface area contributed by atoms with Crippen molar-refractivity contribution in [3.8, 4) is 0 Å². The molecule has 3 heterocycles. The maximum atomic E-state index is 13.3. The molecule has 0 radical (unpaired) electrons. The van der Waals surface area contributed by atoms with Gasteiger partial charge in [-0.1, -0.05) is 17.7 Å². The first-order chi connectivity index (χ1) is 15.8. The van der Waals surface area contributed by atoms with E-state index in [4.69, 9.17) is 11.6 Å². The third-order valence-corrected chi connectivity index (χ3v) is 7.24. The number of piperazine rings is 1. The van der Waals surface area contributed by atoms with Gasteiger partial charge in [-0.25, -0.2) is 4.98 Å². The summed E-state index contributed by atoms with van der Waals surface area (Å²) in [5.41, 5.74) is 2.20. The first-order valence-corrected chi connectivity index (χ1v) is 12.4. The summed E-state index contributed by atoms with van der Waals surface area (Å²) in [6.07, 6.45) is 2.42. The minimum atomic E-state index is -0.483. The molecule has 0 unspecified atom stereocenters. The number of likely N-dealkylation sites (tertiary alicyclic amines) is 1. The van der Waals surface area contributed by atoms with Gasteiger partial charge in [0.2, 0.25) is 11.8 Å². The van der Waals surface area contributed by atoms with Crippen molar-refractivity contribution in [1.29, 1.82) is 0 Å². The number of halogens is 1. The largest absolute Gasteiger partial charge is 0.339 e. The molecule has 2 aromatic rings. The Labute approximate surface area is 202 Å². The molecule has 10 heteroatoms. The number of benzene rings is 1. The predicted molar refractivity (Wildman–Crippen MR) is 129 cm³/mol. The van der Waals surface area contributed by atoms with Crippen LogP contribution in [0.5, 0.6) is 0 Å². The molecular formula is C23H28ClN5O3S. The number of nitrogens with zero attached hydrogens (tertiary/aromatic N) is 4. The smallest absolute Gasteiger partial charge is 0.274 e. The summed E-state index contributed by atoms with van der Waals surface area (Å²) in [6, 6.07) is 5.09. The van der Waals surface area contributed by atoms with Gasteiger partial charge in [-0.3, -0.25) is 14.4 Å². The molecule has 0 aliphatic carbocycles. The van der Waals surface area contributed by atoms with Gasteiger partial charge in [0.25, 0.3) is 5.91 Å². The van der Waals surface area contributed by atoms with E-state index in [0.717, 1.165) is 24.1 Å². The lowest BCUT2D eigenvalue weighted by atomic mass is 10.00. The molecule has 2 saturated heterocycles. The summed E-state index contributed by atoms with van der Waals surface area (Å²) >= 11 is 7.45. The maximum absolute atomic E-state index is 13.3. The van der Waals surface area contributed by atoms with Crippen molar-refractivity contribution in [1.82, 2.24) is 19.7 Å². The zero-order valence-corrected chi connectivity index (χ0v) is 20.4. The van der Waals surface area contributed by atoms with Crippen LogP contribution >= 0.6 is 22.9 Å². The number of rotatable bonds is 4. The summed E-state index contributed by atoms with van der Waals surface area (Å²) in [7, 11) is 0. The fraction of sp³-hybridized carbons (Fsp3) is 0.478. The molecule has 8 nitrogen and oxygen atoms in total. The molecular weight excluding hydrogens is 462 g/mol. The van der Waals surface area contributed by atoms with Gasteiger partial charge < -0.3 is 20.0 Å². The Kier molecular flexibility index (Phi) is 7.19. The third kappa shape index (κ3) is 5.30. The second-order valence-electron chi connectivity index (χ2n) is 8.46. The highest BCUT2D eigenvalue weighted by atomic mass is 35.5. The van der Waals surface area contributed by atoms with Gasteiger partial charge in [-0.15, -0.1) is 11.3 Å². The van der Waals surface area contributed by atoms with E-state index in [9.17, 15) is 14.4 Å². The van der Waals surface area contributed by atoms with E-state index < -0.39 is 6.04 Å². The minimum Gasteiger partial charge on any atom is -0.339 e. The van der Waals surface area contributed by atoms with Crippen molar-refractivity contribution >= 4 is 51.5 Å². The van der Waals surface area contributed by atoms with E-state index >= 15 is 0 Å². The number of nitrogens with one attached hydrogen (secondary N) is 1. The summed E-state index contributed by atoms with van der Waals surface area (Å²) < 4.78 is 0. The highest BCUT2D eigenvalue weighted by Crippen LogP contribution is 2.28. The molecule has 33 heavy (non-hydrogen) atoms. The molecule has 2 fully saturated rings. The lowest BCUT2D eigenvalue weighted by Crippen LogP contribution is -2.57.